The Labute approximate surface area is 185 Å². The number of amides is 1. The average Bonchev–Trinajstić information content (AvgIpc) is 3.08. The molecule has 0 spiro atoms. The Bertz CT molecular complexity index is 749. The number of rotatable bonds is 11. The number of hydrogen-bond donors (Lipinski definition) is 0. The molecule has 1 saturated heterocycles. The standard InChI is InChI=1S/C24H36N4OS/c1-2-3-4-5-6-7-11-15-23(29)27-16-12-17-28(19-18-27)24-25-22(26-30-24)20-21-13-9-8-10-14-21/h8-10,13-14H,2-7,11-12,15-20H2,1H3. The maximum atomic E-state index is 12.6. The highest BCUT2D eigenvalue weighted by atomic mass is 32.1. The molecule has 6 heteroatoms. The topological polar surface area (TPSA) is 49.3 Å². The molecule has 2 heterocycles. The number of aromatic nitrogens is 2. The summed E-state index contributed by atoms with van der Waals surface area (Å²) in [5.41, 5.74) is 1.24. The summed E-state index contributed by atoms with van der Waals surface area (Å²) in [5, 5.41) is 0.988. The van der Waals surface area contributed by atoms with E-state index >= 15 is 0 Å². The number of carbonyl (C=O) groups excluding carboxylic acids is 1. The number of anilines is 1. The SMILES string of the molecule is CCCCCCCCCC(=O)N1CCCN(c2nc(Cc3ccccc3)ns2)CC1. The van der Waals surface area contributed by atoms with Gasteiger partial charge in [-0.2, -0.15) is 4.37 Å². The highest BCUT2D eigenvalue weighted by Crippen LogP contribution is 2.21. The second kappa shape index (κ2) is 12.7. The third-order valence-corrected chi connectivity index (χ3v) is 6.59. The van der Waals surface area contributed by atoms with E-state index in [9.17, 15) is 4.79 Å². The van der Waals surface area contributed by atoms with Gasteiger partial charge in [-0.25, -0.2) is 4.98 Å². The molecule has 5 nitrogen and oxygen atoms in total. The Morgan fingerprint density at radius 3 is 2.53 bits per heavy atom. The van der Waals surface area contributed by atoms with Gasteiger partial charge in [-0.3, -0.25) is 4.79 Å². The first-order valence-corrected chi connectivity index (χ1v) is 12.4. The van der Waals surface area contributed by atoms with Crippen LogP contribution in [0.5, 0.6) is 0 Å². The summed E-state index contributed by atoms with van der Waals surface area (Å²) in [4.78, 5) is 21.7. The van der Waals surface area contributed by atoms with Crippen molar-refractivity contribution in [3.8, 4) is 0 Å². The first kappa shape index (κ1) is 22.7. The summed E-state index contributed by atoms with van der Waals surface area (Å²) in [6, 6.07) is 10.4. The molecule has 0 radical (unpaired) electrons. The molecule has 1 amide bonds. The molecule has 1 fully saturated rings. The molecule has 0 bridgehead atoms. The zero-order valence-electron chi connectivity index (χ0n) is 18.4. The molecule has 30 heavy (non-hydrogen) atoms. The lowest BCUT2D eigenvalue weighted by molar-refractivity contribution is -0.131. The van der Waals surface area contributed by atoms with Gasteiger partial charge in [0.2, 0.25) is 11.0 Å². The molecular weight excluding hydrogens is 392 g/mol. The van der Waals surface area contributed by atoms with Crippen molar-refractivity contribution >= 4 is 22.6 Å². The van der Waals surface area contributed by atoms with Gasteiger partial charge < -0.3 is 9.80 Å². The van der Waals surface area contributed by atoms with E-state index in [1.165, 1.54) is 55.6 Å². The molecule has 0 aliphatic carbocycles. The molecule has 164 valence electrons. The van der Waals surface area contributed by atoms with Gasteiger partial charge in [0, 0.05) is 50.6 Å². The van der Waals surface area contributed by atoms with Crippen LogP contribution < -0.4 is 4.90 Å². The van der Waals surface area contributed by atoms with Crippen LogP contribution in [0.4, 0.5) is 5.13 Å². The van der Waals surface area contributed by atoms with Crippen LogP contribution in [0, 0.1) is 0 Å². The highest BCUT2D eigenvalue weighted by molar-refractivity contribution is 7.09. The molecule has 0 N–H and O–H groups in total. The second-order valence-electron chi connectivity index (χ2n) is 8.25. The second-order valence-corrected chi connectivity index (χ2v) is 8.98. The first-order chi connectivity index (χ1) is 14.8. The van der Waals surface area contributed by atoms with Gasteiger partial charge in [0.1, 0.15) is 5.82 Å². The number of unbranched alkanes of at least 4 members (excludes halogenated alkanes) is 6. The maximum absolute atomic E-state index is 12.6. The van der Waals surface area contributed by atoms with Crippen molar-refractivity contribution in [2.45, 2.75) is 71.1 Å². The smallest absolute Gasteiger partial charge is 0.222 e. The lowest BCUT2D eigenvalue weighted by atomic mass is 10.1. The molecular formula is C24H36N4OS. The van der Waals surface area contributed by atoms with Gasteiger partial charge >= 0.3 is 0 Å². The molecule has 0 atom stereocenters. The van der Waals surface area contributed by atoms with Crippen LogP contribution in [-0.4, -0.2) is 46.3 Å². The van der Waals surface area contributed by atoms with Crippen molar-refractivity contribution in [3.05, 3.63) is 41.7 Å². The maximum Gasteiger partial charge on any atom is 0.222 e. The first-order valence-electron chi connectivity index (χ1n) is 11.7. The summed E-state index contributed by atoms with van der Waals surface area (Å²) < 4.78 is 4.56. The van der Waals surface area contributed by atoms with E-state index in [4.69, 9.17) is 4.98 Å². The fourth-order valence-corrected chi connectivity index (χ4v) is 4.71. The van der Waals surface area contributed by atoms with E-state index in [2.05, 4.69) is 45.4 Å². The van der Waals surface area contributed by atoms with Gasteiger partial charge in [-0.15, -0.1) is 0 Å². The van der Waals surface area contributed by atoms with E-state index in [0.717, 1.165) is 56.4 Å². The molecule has 3 rings (SSSR count). The van der Waals surface area contributed by atoms with Crippen molar-refractivity contribution < 1.29 is 4.79 Å². The summed E-state index contributed by atoms with van der Waals surface area (Å²) in [7, 11) is 0. The highest BCUT2D eigenvalue weighted by Gasteiger charge is 2.21. The molecule has 1 aliphatic rings. The minimum Gasteiger partial charge on any atom is -0.345 e. The number of benzene rings is 1. The summed E-state index contributed by atoms with van der Waals surface area (Å²) in [5.74, 6) is 1.21. The van der Waals surface area contributed by atoms with Crippen molar-refractivity contribution in [1.82, 2.24) is 14.3 Å². The lowest BCUT2D eigenvalue weighted by Crippen LogP contribution is -2.35. The van der Waals surface area contributed by atoms with Crippen molar-refractivity contribution in [2.75, 3.05) is 31.1 Å². The van der Waals surface area contributed by atoms with Crippen molar-refractivity contribution in [2.24, 2.45) is 0 Å². The molecule has 1 aromatic carbocycles. The Hall–Kier alpha value is -1.95. The lowest BCUT2D eigenvalue weighted by Gasteiger charge is -2.21. The van der Waals surface area contributed by atoms with Gasteiger partial charge in [-0.05, 0) is 18.4 Å². The number of hydrogen-bond acceptors (Lipinski definition) is 5. The van der Waals surface area contributed by atoms with Crippen LogP contribution in [-0.2, 0) is 11.2 Å². The predicted octanol–water partition coefficient (Wildman–Crippen LogP) is 5.31. The number of carbonyl (C=O) groups is 1. The van der Waals surface area contributed by atoms with E-state index in [1.54, 1.807) is 0 Å². The van der Waals surface area contributed by atoms with Crippen LogP contribution in [0.3, 0.4) is 0 Å². The minimum atomic E-state index is 0.326. The Morgan fingerprint density at radius 2 is 1.73 bits per heavy atom. The van der Waals surface area contributed by atoms with E-state index < -0.39 is 0 Å². The van der Waals surface area contributed by atoms with Gasteiger partial charge in [0.15, 0.2) is 0 Å². The third-order valence-electron chi connectivity index (χ3n) is 5.78. The van der Waals surface area contributed by atoms with Crippen molar-refractivity contribution in [1.29, 1.82) is 0 Å². The van der Waals surface area contributed by atoms with Crippen LogP contribution in [0.1, 0.15) is 76.1 Å². The molecule has 2 aromatic rings. The summed E-state index contributed by atoms with van der Waals surface area (Å²) in [6.45, 7) is 5.70. The van der Waals surface area contributed by atoms with E-state index in [0.29, 0.717) is 12.3 Å². The molecule has 1 aromatic heterocycles. The average molecular weight is 429 g/mol. The van der Waals surface area contributed by atoms with Gasteiger partial charge in [-0.1, -0.05) is 75.8 Å². The normalized spacial score (nSPS) is 14.7. The molecule has 1 aliphatic heterocycles. The quantitative estimate of drug-likeness (QED) is 0.455. The van der Waals surface area contributed by atoms with Gasteiger partial charge in [0.05, 0.1) is 0 Å². The summed E-state index contributed by atoms with van der Waals surface area (Å²) in [6.07, 6.45) is 11.2. The summed E-state index contributed by atoms with van der Waals surface area (Å²) >= 11 is 1.48. The van der Waals surface area contributed by atoms with Gasteiger partial charge in [0.25, 0.3) is 0 Å². The van der Waals surface area contributed by atoms with Crippen LogP contribution in [0.25, 0.3) is 0 Å². The zero-order valence-corrected chi connectivity index (χ0v) is 19.2. The van der Waals surface area contributed by atoms with E-state index in [-0.39, 0.29) is 0 Å². The fraction of sp³-hybridized carbons (Fsp3) is 0.625. The van der Waals surface area contributed by atoms with Crippen LogP contribution in [0.15, 0.2) is 30.3 Å². The Kier molecular flexibility index (Phi) is 9.61. The fourth-order valence-electron chi connectivity index (χ4n) is 3.97. The predicted molar refractivity (Wildman–Crippen MR) is 125 cm³/mol. The Morgan fingerprint density at radius 1 is 0.967 bits per heavy atom. The van der Waals surface area contributed by atoms with E-state index in [1.807, 2.05) is 6.07 Å². The Balaban J connectivity index is 1.40. The number of nitrogens with zero attached hydrogens (tertiary/aromatic N) is 4. The van der Waals surface area contributed by atoms with Crippen LogP contribution >= 0.6 is 11.5 Å². The minimum absolute atomic E-state index is 0.326. The van der Waals surface area contributed by atoms with Crippen LogP contribution in [0.2, 0.25) is 0 Å². The third kappa shape index (κ3) is 7.38. The molecule has 0 unspecified atom stereocenters. The monoisotopic (exact) mass is 428 g/mol. The largest absolute Gasteiger partial charge is 0.345 e. The van der Waals surface area contributed by atoms with Crippen molar-refractivity contribution in [3.63, 3.8) is 0 Å². The molecule has 0 saturated carbocycles. The zero-order chi connectivity index (χ0) is 21.0.